The molecule has 1 rings (SSSR count). The molecule has 6 heteroatoms. The Morgan fingerprint density at radius 1 is 1.40 bits per heavy atom. The van der Waals surface area contributed by atoms with Gasteiger partial charge in [0.2, 0.25) is 5.13 Å². The maximum Gasteiger partial charge on any atom is 0.205 e. The van der Waals surface area contributed by atoms with E-state index in [1.807, 2.05) is 7.05 Å². The number of nitrogens with zero attached hydrogens (tertiary/aromatic N) is 3. The maximum atomic E-state index is 8.91. The van der Waals surface area contributed by atoms with Gasteiger partial charge in [0, 0.05) is 13.6 Å². The lowest BCUT2D eigenvalue weighted by Gasteiger charge is -2.18. The molecule has 2 N–H and O–H groups in total. The monoisotopic (exact) mass is 230 g/mol. The Labute approximate surface area is 94.1 Å². The number of aliphatic hydroxyl groups excluding tert-OH is 1. The molecule has 0 aliphatic carbocycles. The van der Waals surface area contributed by atoms with Gasteiger partial charge in [0.05, 0.1) is 13.2 Å². The Hall–Kier alpha value is -0.720. The molecule has 0 saturated carbocycles. The number of aliphatic hydroxyl groups is 1. The lowest BCUT2D eigenvalue weighted by atomic mass is 10.4. The summed E-state index contributed by atoms with van der Waals surface area (Å²) >= 11 is 1.56. The van der Waals surface area contributed by atoms with E-state index in [4.69, 9.17) is 5.11 Å². The van der Waals surface area contributed by atoms with Crippen molar-refractivity contribution in [2.75, 3.05) is 32.1 Å². The summed E-state index contributed by atoms with van der Waals surface area (Å²) in [5.74, 6) is 0. The first-order valence-electron chi connectivity index (χ1n) is 5.13. The average Bonchev–Trinajstić information content (AvgIpc) is 2.66. The van der Waals surface area contributed by atoms with Gasteiger partial charge in [0.15, 0.2) is 0 Å². The van der Waals surface area contributed by atoms with Crippen molar-refractivity contribution in [3.63, 3.8) is 0 Å². The van der Waals surface area contributed by atoms with Crippen LogP contribution in [0.2, 0.25) is 0 Å². The van der Waals surface area contributed by atoms with Gasteiger partial charge in [-0.3, -0.25) is 4.90 Å². The van der Waals surface area contributed by atoms with Crippen molar-refractivity contribution in [3.8, 4) is 0 Å². The lowest BCUT2D eigenvalue weighted by molar-refractivity contribution is 0.190. The van der Waals surface area contributed by atoms with Gasteiger partial charge in [-0.05, 0) is 13.0 Å². The molecule has 0 spiro atoms. The molecule has 1 aromatic heterocycles. The molecule has 1 heterocycles. The van der Waals surface area contributed by atoms with Gasteiger partial charge >= 0.3 is 0 Å². The SMILES string of the molecule is CCCN(CCO)Cc1nnc(NC)s1. The standard InChI is InChI=1S/C9H18N4OS/c1-3-4-13(5-6-14)7-8-11-12-9(10-2)15-8/h14H,3-7H2,1-2H3,(H,10,12). The number of rotatable bonds is 7. The van der Waals surface area contributed by atoms with E-state index in [2.05, 4.69) is 27.3 Å². The fourth-order valence-corrected chi connectivity index (χ4v) is 2.07. The van der Waals surface area contributed by atoms with E-state index >= 15 is 0 Å². The van der Waals surface area contributed by atoms with Gasteiger partial charge < -0.3 is 10.4 Å². The summed E-state index contributed by atoms with van der Waals surface area (Å²) in [6.45, 7) is 4.77. The van der Waals surface area contributed by atoms with Crippen molar-refractivity contribution >= 4 is 16.5 Å². The van der Waals surface area contributed by atoms with E-state index in [9.17, 15) is 0 Å². The van der Waals surface area contributed by atoms with Crippen molar-refractivity contribution in [3.05, 3.63) is 5.01 Å². The van der Waals surface area contributed by atoms with E-state index in [-0.39, 0.29) is 6.61 Å². The van der Waals surface area contributed by atoms with Crippen LogP contribution in [0.15, 0.2) is 0 Å². The number of aromatic nitrogens is 2. The number of hydrogen-bond acceptors (Lipinski definition) is 6. The molecule has 0 aliphatic heterocycles. The zero-order chi connectivity index (χ0) is 11.1. The molecule has 0 fully saturated rings. The Morgan fingerprint density at radius 2 is 2.20 bits per heavy atom. The van der Waals surface area contributed by atoms with Crippen LogP contribution in [0.4, 0.5) is 5.13 Å². The molecular formula is C9H18N4OS. The quantitative estimate of drug-likeness (QED) is 0.725. The van der Waals surface area contributed by atoms with Crippen LogP contribution in [0.1, 0.15) is 18.4 Å². The molecule has 15 heavy (non-hydrogen) atoms. The minimum atomic E-state index is 0.192. The van der Waals surface area contributed by atoms with Gasteiger partial charge in [-0.1, -0.05) is 18.3 Å². The predicted octanol–water partition coefficient (Wildman–Crippen LogP) is 0.784. The zero-order valence-electron chi connectivity index (χ0n) is 9.23. The second-order valence-electron chi connectivity index (χ2n) is 3.25. The van der Waals surface area contributed by atoms with Gasteiger partial charge in [0.25, 0.3) is 0 Å². The average molecular weight is 230 g/mol. The first-order valence-corrected chi connectivity index (χ1v) is 5.95. The molecule has 0 radical (unpaired) electrons. The molecule has 0 amide bonds. The van der Waals surface area contributed by atoms with Crippen LogP contribution in [0, 0.1) is 0 Å². The minimum Gasteiger partial charge on any atom is -0.395 e. The van der Waals surface area contributed by atoms with Crippen molar-refractivity contribution < 1.29 is 5.11 Å². The number of anilines is 1. The fraction of sp³-hybridized carbons (Fsp3) is 0.778. The van der Waals surface area contributed by atoms with Crippen LogP contribution >= 0.6 is 11.3 Å². The maximum absolute atomic E-state index is 8.91. The van der Waals surface area contributed by atoms with Gasteiger partial charge in [-0.2, -0.15) is 0 Å². The first kappa shape index (κ1) is 12.4. The highest BCUT2D eigenvalue weighted by Gasteiger charge is 2.08. The normalized spacial score (nSPS) is 10.9. The Balaban J connectivity index is 2.48. The van der Waals surface area contributed by atoms with E-state index in [1.54, 1.807) is 11.3 Å². The third kappa shape index (κ3) is 4.11. The minimum absolute atomic E-state index is 0.192. The van der Waals surface area contributed by atoms with Crippen molar-refractivity contribution in [2.45, 2.75) is 19.9 Å². The van der Waals surface area contributed by atoms with E-state index in [0.29, 0.717) is 6.54 Å². The van der Waals surface area contributed by atoms with Gasteiger partial charge in [-0.25, -0.2) is 0 Å². The summed E-state index contributed by atoms with van der Waals surface area (Å²) in [4.78, 5) is 2.18. The summed E-state index contributed by atoms with van der Waals surface area (Å²) < 4.78 is 0. The van der Waals surface area contributed by atoms with Crippen molar-refractivity contribution in [1.82, 2.24) is 15.1 Å². The molecule has 0 unspecified atom stereocenters. The van der Waals surface area contributed by atoms with Crippen LogP contribution in [-0.2, 0) is 6.54 Å². The van der Waals surface area contributed by atoms with Crippen molar-refractivity contribution in [1.29, 1.82) is 0 Å². The summed E-state index contributed by atoms with van der Waals surface area (Å²) in [5, 5.41) is 21.7. The first-order chi connectivity index (χ1) is 7.30. The lowest BCUT2D eigenvalue weighted by Crippen LogP contribution is -2.27. The van der Waals surface area contributed by atoms with E-state index < -0.39 is 0 Å². The Bertz CT molecular complexity index is 273. The topological polar surface area (TPSA) is 61.3 Å². The van der Waals surface area contributed by atoms with Gasteiger partial charge in [-0.15, -0.1) is 10.2 Å². The smallest absolute Gasteiger partial charge is 0.205 e. The second-order valence-corrected chi connectivity index (χ2v) is 4.31. The van der Waals surface area contributed by atoms with Crippen LogP contribution < -0.4 is 5.32 Å². The van der Waals surface area contributed by atoms with E-state index in [0.717, 1.165) is 29.6 Å². The number of hydrogen-bond donors (Lipinski definition) is 2. The Kier molecular flexibility index (Phi) is 5.52. The third-order valence-electron chi connectivity index (χ3n) is 2.00. The zero-order valence-corrected chi connectivity index (χ0v) is 10.0. The second kappa shape index (κ2) is 6.71. The van der Waals surface area contributed by atoms with Crippen LogP contribution in [0.5, 0.6) is 0 Å². The van der Waals surface area contributed by atoms with Crippen LogP contribution in [0.25, 0.3) is 0 Å². The molecule has 0 aromatic carbocycles. The highest BCUT2D eigenvalue weighted by Crippen LogP contribution is 2.15. The predicted molar refractivity (Wildman–Crippen MR) is 62.1 cm³/mol. The summed E-state index contributed by atoms with van der Waals surface area (Å²) in [5.41, 5.74) is 0. The summed E-state index contributed by atoms with van der Waals surface area (Å²) in [7, 11) is 1.84. The molecule has 5 nitrogen and oxygen atoms in total. The highest BCUT2D eigenvalue weighted by molar-refractivity contribution is 7.15. The third-order valence-corrected chi connectivity index (χ3v) is 2.92. The fourth-order valence-electron chi connectivity index (χ4n) is 1.34. The highest BCUT2D eigenvalue weighted by atomic mass is 32.1. The van der Waals surface area contributed by atoms with Gasteiger partial charge in [0.1, 0.15) is 5.01 Å². The molecule has 86 valence electrons. The molecule has 0 bridgehead atoms. The summed E-state index contributed by atoms with van der Waals surface area (Å²) in [6, 6.07) is 0. The van der Waals surface area contributed by atoms with E-state index in [1.165, 1.54) is 0 Å². The van der Waals surface area contributed by atoms with Crippen LogP contribution in [-0.4, -0.2) is 46.9 Å². The molecule has 0 aliphatic rings. The molecule has 1 aromatic rings. The molecule has 0 saturated heterocycles. The summed E-state index contributed by atoms with van der Waals surface area (Å²) in [6.07, 6.45) is 1.08. The van der Waals surface area contributed by atoms with Crippen LogP contribution in [0.3, 0.4) is 0 Å². The van der Waals surface area contributed by atoms with Crippen molar-refractivity contribution in [2.24, 2.45) is 0 Å². The molecule has 0 atom stereocenters. The largest absolute Gasteiger partial charge is 0.395 e. The molecular weight excluding hydrogens is 212 g/mol. The Morgan fingerprint density at radius 3 is 2.73 bits per heavy atom. The number of nitrogens with one attached hydrogen (secondary N) is 1.